The summed E-state index contributed by atoms with van der Waals surface area (Å²) < 4.78 is 0. The third-order valence-electron chi connectivity index (χ3n) is 3.18. The monoisotopic (exact) mass is 346 g/mol. The van der Waals surface area contributed by atoms with E-state index < -0.39 is 54.3 Å². The molecule has 0 bridgehead atoms. The van der Waals surface area contributed by atoms with Gasteiger partial charge >= 0.3 is 5.97 Å². The summed E-state index contributed by atoms with van der Waals surface area (Å²) in [6.45, 7) is 4.86. The van der Waals surface area contributed by atoms with Gasteiger partial charge in [0.05, 0.1) is 12.5 Å². The summed E-state index contributed by atoms with van der Waals surface area (Å²) in [5.41, 5.74) is 10.5. The molecule has 0 heterocycles. The maximum atomic E-state index is 12.2. The van der Waals surface area contributed by atoms with E-state index in [9.17, 15) is 24.3 Å². The number of aliphatic hydroxyl groups excluding tert-OH is 1. The van der Waals surface area contributed by atoms with Crippen molar-refractivity contribution in [1.29, 1.82) is 0 Å². The van der Waals surface area contributed by atoms with Crippen LogP contribution in [0.5, 0.6) is 0 Å². The van der Waals surface area contributed by atoms with Crippen LogP contribution in [0.1, 0.15) is 33.6 Å². The molecule has 0 rings (SSSR count). The quantitative estimate of drug-likeness (QED) is 0.256. The molecule has 0 fully saturated rings. The first-order valence-corrected chi connectivity index (χ1v) is 7.51. The standard InChI is InChI=1S/C14H26N4O6/c1-6(2)4-9(14(23)24)18-12(21)8(5-10(15)20)17-13(22)11(16)7(3)19/h6-9,11,19H,4-5,16H2,1-3H3,(H2,15,20)(H,17,22)(H,18,21)(H,23,24). The van der Waals surface area contributed by atoms with Crippen molar-refractivity contribution in [3.05, 3.63) is 0 Å². The molecule has 24 heavy (non-hydrogen) atoms. The third-order valence-corrected chi connectivity index (χ3v) is 3.18. The number of hydrogen-bond donors (Lipinski definition) is 6. The molecule has 0 aromatic rings. The van der Waals surface area contributed by atoms with Crippen LogP contribution in [0.4, 0.5) is 0 Å². The molecule has 138 valence electrons. The zero-order chi connectivity index (χ0) is 19.0. The van der Waals surface area contributed by atoms with E-state index in [4.69, 9.17) is 16.6 Å². The number of aliphatic carboxylic acids is 1. The molecule has 4 atom stereocenters. The highest BCUT2D eigenvalue weighted by atomic mass is 16.4. The predicted molar refractivity (Wildman–Crippen MR) is 84.4 cm³/mol. The minimum atomic E-state index is -1.38. The average molecular weight is 346 g/mol. The number of carboxylic acid groups (broad SMARTS) is 1. The summed E-state index contributed by atoms with van der Waals surface area (Å²) in [5, 5.41) is 22.9. The Morgan fingerprint density at radius 1 is 1.00 bits per heavy atom. The van der Waals surface area contributed by atoms with Crippen LogP contribution in [0.2, 0.25) is 0 Å². The second-order valence-electron chi connectivity index (χ2n) is 6.03. The van der Waals surface area contributed by atoms with E-state index in [1.54, 1.807) is 13.8 Å². The van der Waals surface area contributed by atoms with E-state index >= 15 is 0 Å². The number of carbonyl (C=O) groups is 4. The normalized spacial score (nSPS) is 15.9. The van der Waals surface area contributed by atoms with Gasteiger partial charge in [0, 0.05) is 0 Å². The van der Waals surface area contributed by atoms with E-state index in [-0.39, 0.29) is 12.3 Å². The summed E-state index contributed by atoms with van der Waals surface area (Å²) in [4.78, 5) is 46.3. The smallest absolute Gasteiger partial charge is 0.326 e. The zero-order valence-corrected chi connectivity index (χ0v) is 14.0. The molecule has 0 aromatic heterocycles. The van der Waals surface area contributed by atoms with Crippen LogP contribution in [0.25, 0.3) is 0 Å². The van der Waals surface area contributed by atoms with E-state index in [1.165, 1.54) is 6.92 Å². The highest BCUT2D eigenvalue weighted by molar-refractivity contribution is 5.94. The molecule has 0 aromatic carbocycles. The Labute approximate surface area is 139 Å². The molecule has 0 saturated heterocycles. The van der Waals surface area contributed by atoms with E-state index in [1.807, 2.05) is 0 Å². The van der Waals surface area contributed by atoms with Gasteiger partial charge < -0.3 is 32.3 Å². The minimum Gasteiger partial charge on any atom is -0.480 e. The molecule has 10 nitrogen and oxygen atoms in total. The Morgan fingerprint density at radius 3 is 1.88 bits per heavy atom. The summed E-state index contributed by atoms with van der Waals surface area (Å²) >= 11 is 0. The van der Waals surface area contributed by atoms with Crippen molar-refractivity contribution in [1.82, 2.24) is 10.6 Å². The second kappa shape index (κ2) is 9.83. The van der Waals surface area contributed by atoms with E-state index in [0.29, 0.717) is 0 Å². The van der Waals surface area contributed by atoms with Crippen molar-refractivity contribution in [2.45, 2.75) is 57.8 Å². The fraction of sp³-hybridized carbons (Fsp3) is 0.714. The van der Waals surface area contributed by atoms with Gasteiger partial charge in [-0.05, 0) is 19.3 Å². The lowest BCUT2D eigenvalue weighted by atomic mass is 10.0. The van der Waals surface area contributed by atoms with Crippen LogP contribution in [0, 0.1) is 5.92 Å². The van der Waals surface area contributed by atoms with Crippen LogP contribution in [-0.4, -0.2) is 58.1 Å². The van der Waals surface area contributed by atoms with Crippen LogP contribution < -0.4 is 22.1 Å². The SMILES string of the molecule is CC(C)CC(NC(=O)C(CC(N)=O)NC(=O)C(N)C(C)O)C(=O)O. The molecule has 10 heteroatoms. The molecule has 0 spiro atoms. The molecule has 4 unspecified atom stereocenters. The van der Waals surface area contributed by atoms with Crippen molar-refractivity contribution < 1.29 is 29.4 Å². The number of carbonyl (C=O) groups excluding carboxylic acids is 3. The van der Waals surface area contributed by atoms with Gasteiger partial charge in [0.25, 0.3) is 0 Å². The summed E-state index contributed by atoms with van der Waals surface area (Å²) in [7, 11) is 0. The molecule has 0 radical (unpaired) electrons. The largest absolute Gasteiger partial charge is 0.480 e. The Hall–Kier alpha value is -2.20. The van der Waals surface area contributed by atoms with Crippen molar-refractivity contribution in [2.75, 3.05) is 0 Å². The van der Waals surface area contributed by atoms with Crippen molar-refractivity contribution in [3.63, 3.8) is 0 Å². The fourth-order valence-electron chi connectivity index (χ4n) is 1.86. The molecule has 0 aliphatic heterocycles. The Bertz CT molecular complexity index is 480. The van der Waals surface area contributed by atoms with Gasteiger partial charge in [0.2, 0.25) is 17.7 Å². The molecule has 0 saturated carbocycles. The minimum absolute atomic E-state index is 0.000702. The highest BCUT2D eigenvalue weighted by Gasteiger charge is 2.30. The number of nitrogens with one attached hydrogen (secondary N) is 2. The number of nitrogens with two attached hydrogens (primary N) is 2. The van der Waals surface area contributed by atoms with Gasteiger partial charge in [-0.3, -0.25) is 14.4 Å². The Balaban J connectivity index is 5.08. The highest BCUT2D eigenvalue weighted by Crippen LogP contribution is 2.06. The van der Waals surface area contributed by atoms with Gasteiger partial charge in [-0.2, -0.15) is 0 Å². The molecular formula is C14H26N4O6. The Morgan fingerprint density at radius 2 is 1.50 bits per heavy atom. The third kappa shape index (κ3) is 7.88. The topological polar surface area (TPSA) is 185 Å². The first-order chi connectivity index (χ1) is 11.0. The Kier molecular flexibility index (Phi) is 8.93. The summed E-state index contributed by atoms with van der Waals surface area (Å²) in [6.07, 6.45) is -1.53. The maximum Gasteiger partial charge on any atom is 0.326 e. The second-order valence-corrected chi connectivity index (χ2v) is 6.03. The summed E-state index contributed by atoms with van der Waals surface area (Å²) in [5.74, 6) is -3.83. The van der Waals surface area contributed by atoms with Crippen molar-refractivity contribution >= 4 is 23.7 Å². The number of carboxylic acids is 1. The lowest BCUT2D eigenvalue weighted by molar-refractivity contribution is -0.142. The molecule has 0 aliphatic carbocycles. The van der Waals surface area contributed by atoms with Crippen molar-refractivity contribution in [3.8, 4) is 0 Å². The lowest BCUT2D eigenvalue weighted by Gasteiger charge is -2.23. The first-order valence-electron chi connectivity index (χ1n) is 7.51. The van der Waals surface area contributed by atoms with Gasteiger partial charge in [-0.15, -0.1) is 0 Å². The first kappa shape index (κ1) is 21.8. The van der Waals surface area contributed by atoms with Gasteiger partial charge in [-0.1, -0.05) is 13.8 Å². The van der Waals surface area contributed by atoms with E-state index in [2.05, 4.69) is 10.6 Å². The lowest BCUT2D eigenvalue weighted by Crippen LogP contribution is -2.57. The number of rotatable bonds is 10. The molecule has 8 N–H and O–H groups in total. The van der Waals surface area contributed by atoms with E-state index in [0.717, 1.165) is 0 Å². The van der Waals surface area contributed by atoms with Gasteiger partial charge in [0.15, 0.2) is 0 Å². The number of primary amides is 1. The molecule has 3 amide bonds. The van der Waals surface area contributed by atoms with Crippen LogP contribution in [0.3, 0.4) is 0 Å². The van der Waals surface area contributed by atoms with Crippen LogP contribution in [-0.2, 0) is 19.2 Å². The van der Waals surface area contributed by atoms with Crippen molar-refractivity contribution in [2.24, 2.45) is 17.4 Å². The van der Waals surface area contributed by atoms with Gasteiger partial charge in [0.1, 0.15) is 18.1 Å². The molecular weight excluding hydrogens is 320 g/mol. The van der Waals surface area contributed by atoms with Crippen LogP contribution >= 0.6 is 0 Å². The number of amides is 3. The maximum absolute atomic E-state index is 12.2. The van der Waals surface area contributed by atoms with Crippen LogP contribution in [0.15, 0.2) is 0 Å². The average Bonchev–Trinajstić information content (AvgIpc) is 2.43. The van der Waals surface area contributed by atoms with Gasteiger partial charge in [-0.25, -0.2) is 4.79 Å². The number of aliphatic hydroxyl groups is 1. The zero-order valence-electron chi connectivity index (χ0n) is 14.0. The fourth-order valence-corrected chi connectivity index (χ4v) is 1.86. The summed E-state index contributed by atoms with van der Waals surface area (Å²) in [6, 6.07) is -3.86. The number of hydrogen-bond acceptors (Lipinski definition) is 6. The molecule has 0 aliphatic rings. The predicted octanol–water partition coefficient (Wildman–Crippen LogP) is -2.33.